The van der Waals surface area contributed by atoms with Crippen LogP contribution >= 0.6 is 0 Å². The highest BCUT2D eigenvalue weighted by atomic mass is 16.5. The molecule has 1 amide bonds. The van der Waals surface area contributed by atoms with Crippen molar-refractivity contribution in [1.29, 1.82) is 0 Å². The molecule has 0 bridgehead atoms. The summed E-state index contributed by atoms with van der Waals surface area (Å²) in [5.74, 6) is -0.409. The number of nitrogens with zero attached hydrogens (tertiary/aromatic N) is 1. The van der Waals surface area contributed by atoms with Gasteiger partial charge < -0.3 is 9.64 Å². The molecule has 0 unspecified atom stereocenters. The zero-order valence-electron chi connectivity index (χ0n) is 15.3. The Morgan fingerprint density at radius 1 is 0.920 bits per heavy atom. The van der Waals surface area contributed by atoms with Gasteiger partial charge in [-0.15, -0.1) is 0 Å². The zero-order chi connectivity index (χ0) is 18.5. The van der Waals surface area contributed by atoms with Crippen LogP contribution in [0.1, 0.15) is 62.7 Å². The number of carbonyl (C=O) groups is 3. The molecule has 0 atom stereocenters. The Labute approximate surface area is 150 Å². The molecule has 1 aromatic carbocycles. The molecule has 0 N–H and O–H groups in total. The summed E-state index contributed by atoms with van der Waals surface area (Å²) in [5.41, 5.74) is 0.624. The van der Waals surface area contributed by atoms with Crippen molar-refractivity contribution in [2.45, 2.75) is 52.4 Å². The Balaban J connectivity index is 2.52. The van der Waals surface area contributed by atoms with Crippen LogP contribution in [0.5, 0.6) is 0 Å². The van der Waals surface area contributed by atoms with Gasteiger partial charge in [0.25, 0.3) is 0 Å². The van der Waals surface area contributed by atoms with Gasteiger partial charge >= 0.3 is 5.97 Å². The first-order valence-corrected chi connectivity index (χ1v) is 9.10. The third-order valence-electron chi connectivity index (χ3n) is 3.94. The Bertz CT molecular complexity index is 542. The smallest absolute Gasteiger partial charge is 0.307 e. The molecule has 1 aromatic rings. The highest BCUT2D eigenvalue weighted by Gasteiger charge is 2.17. The molecular weight excluding hydrogens is 318 g/mol. The molecule has 0 saturated carbocycles. The number of hydrogen-bond acceptors (Lipinski definition) is 4. The summed E-state index contributed by atoms with van der Waals surface area (Å²) in [6.07, 6.45) is 3.55. The van der Waals surface area contributed by atoms with Crippen LogP contribution in [0.2, 0.25) is 0 Å². The molecule has 0 aliphatic rings. The van der Waals surface area contributed by atoms with Crippen molar-refractivity contribution in [3.63, 3.8) is 0 Å². The third-order valence-corrected chi connectivity index (χ3v) is 3.94. The van der Waals surface area contributed by atoms with Gasteiger partial charge in [-0.2, -0.15) is 0 Å². The Morgan fingerprint density at radius 2 is 1.64 bits per heavy atom. The van der Waals surface area contributed by atoms with Crippen LogP contribution in [-0.4, -0.2) is 42.3 Å². The summed E-state index contributed by atoms with van der Waals surface area (Å²) >= 11 is 0. The van der Waals surface area contributed by atoms with Crippen molar-refractivity contribution in [3.8, 4) is 0 Å². The number of Topliss-reactive ketones (excluding diaryl/α,β-unsaturated/α-hetero) is 1. The van der Waals surface area contributed by atoms with Gasteiger partial charge in [0.15, 0.2) is 5.78 Å². The van der Waals surface area contributed by atoms with Crippen molar-refractivity contribution >= 4 is 17.7 Å². The molecule has 0 spiro atoms. The lowest BCUT2D eigenvalue weighted by Crippen LogP contribution is -2.34. The molecule has 0 aliphatic heterocycles. The largest absolute Gasteiger partial charge is 0.466 e. The summed E-state index contributed by atoms with van der Waals surface area (Å²) in [4.78, 5) is 37.8. The Hall–Kier alpha value is -2.17. The first-order valence-electron chi connectivity index (χ1n) is 9.10. The number of carbonyl (C=O) groups excluding carboxylic acids is 3. The average Bonchev–Trinajstić information content (AvgIpc) is 2.63. The molecule has 5 heteroatoms. The minimum absolute atomic E-state index is 0.0344. The van der Waals surface area contributed by atoms with Gasteiger partial charge in [-0.1, -0.05) is 50.1 Å². The molecule has 0 aliphatic carbocycles. The van der Waals surface area contributed by atoms with E-state index >= 15 is 0 Å². The van der Waals surface area contributed by atoms with Gasteiger partial charge in [0.1, 0.15) is 0 Å². The van der Waals surface area contributed by atoms with Gasteiger partial charge in [-0.05, 0) is 13.3 Å². The maximum Gasteiger partial charge on any atom is 0.307 e. The lowest BCUT2D eigenvalue weighted by atomic mass is 10.1. The van der Waals surface area contributed by atoms with E-state index in [0.717, 1.165) is 19.3 Å². The number of ether oxygens (including phenoxy) is 1. The fraction of sp³-hybridized carbons (Fsp3) is 0.550. The number of amides is 1. The van der Waals surface area contributed by atoms with Crippen molar-refractivity contribution in [3.05, 3.63) is 35.9 Å². The number of benzene rings is 1. The summed E-state index contributed by atoms with van der Waals surface area (Å²) in [7, 11) is 0. The predicted molar refractivity (Wildman–Crippen MR) is 97.4 cm³/mol. The summed E-state index contributed by atoms with van der Waals surface area (Å²) < 4.78 is 4.92. The number of esters is 1. The van der Waals surface area contributed by atoms with Crippen LogP contribution < -0.4 is 0 Å². The maximum atomic E-state index is 12.5. The van der Waals surface area contributed by atoms with Gasteiger partial charge in [0, 0.05) is 31.5 Å². The van der Waals surface area contributed by atoms with E-state index in [1.807, 2.05) is 18.2 Å². The van der Waals surface area contributed by atoms with Gasteiger partial charge in [0.05, 0.1) is 13.0 Å². The maximum absolute atomic E-state index is 12.5. The van der Waals surface area contributed by atoms with Crippen molar-refractivity contribution in [2.24, 2.45) is 0 Å². The van der Waals surface area contributed by atoms with Crippen LogP contribution in [-0.2, 0) is 14.3 Å². The molecule has 25 heavy (non-hydrogen) atoms. The van der Waals surface area contributed by atoms with E-state index in [4.69, 9.17) is 4.74 Å². The first-order chi connectivity index (χ1) is 12.1. The van der Waals surface area contributed by atoms with Crippen LogP contribution in [0, 0.1) is 0 Å². The van der Waals surface area contributed by atoms with Crippen LogP contribution in [0.4, 0.5) is 0 Å². The molecule has 0 radical (unpaired) electrons. The third kappa shape index (κ3) is 8.47. The molecule has 138 valence electrons. The minimum Gasteiger partial charge on any atom is -0.466 e. The highest BCUT2D eigenvalue weighted by Crippen LogP contribution is 2.09. The van der Waals surface area contributed by atoms with Gasteiger partial charge in [-0.3, -0.25) is 14.4 Å². The molecule has 0 fully saturated rings. The minimum atomic E-state index is -0.295. The van der Waals surface area contributed by atoms with Crippen LogP contribution in [0.25, 0.3) is 0 Å². The lowest BCUT2D eigenvalue weighted by Gasteiger charge is -2.22. The van der Waals surface area contributed by atoms with E-state index in [9.17, 15) is 14.4 Å². The molecule has 5 nitrogen and oxygen atoms in total. The topological polar surface area (TPSA) is 63.7 Å². The number of ketones is 1. The first kappa shape index (κ1) is 20.9. The molecule has 1 rings (SSSR count). The van der Waals surface area contributed by atoms with E-state index in [1.54, 1.807) is 24.0 Å². The van der Waals surface area contributed by atoms with E-state index < -0.39 is 0 Å². The van der Waals surface area contributed by atoms with Gasteiger partial charge in [-0.25, -0.2) is 0 Å². The van der Waals surface area contributed by atoms with Crippen molar-refractivity contribution < 1.29 is 19.1 Å². The van der Waals surface area contributed by atoms with E-state index in [1.165, 1.54) is 0 Å². The Morgan fingerprint density at radius 3 is 2.28 bits per heavy atom. The molecule has 0 saturated heterocycles. The van der Waals surface area contributed by atoms with Crippen molar-refractivity contribution in [1.82, 2.24) is 4.90 Å². The SMILES string of the molecule is CCCCCN(CCC(=O)OCC)C(=O)CCC(=O)c1ccccc1. The van der Waals surface area contributed by atoms with E-state index in [-0.39, 0.29) is 36.9 Å². The number of unbranched alkanes of at least 4 members (excludes halogenated alkanes) is 2. The lowest BCUT2D eigenvalue weighted by molar-refractivity contribution is -0.144. The molecular formula is C20H29NO4. The fourth-order valence-electron chi connectivity index (χ4n) is 2.52. The second kappa shape index (κ2) is 12.2. The summed E-state index contributed by atoms with van der Waals surface area (Å²) in [6, 6.07) is 8.99. The van der Waals surface area contributed by atoms with Crippen molar-refractivity contribution in [2.75, 3.05) is 19.7 Å². The quantitative estimate of drug-likeness (QED) is 0.329. The molecule has 0 aromatic heterocycles. The van der Waals surface area contributed by atoms with E-state index in [2.05, 4.69) is 6.92 Å². The monoisotopic (exact) mass is 347 g/mol. The summed E-state index contributed by atoms with van der Waals surface area (Å²) in [6.45, 7) is 5.17. The zero-order valence-corrected chi connectivity index (χ0v) is 15.3. The highest BCUT2D eigenvalue weighted by molar-refractivity contribution is 5.97. The second-order valence-electron chi connectivity index (χ2n) is 5.93. The standard InChI is InChI=1S/C20H29NO4/c1-3-5-9-15-21(16-14-20(24)25-4-2)19(23)13-12-18(22)17-10-7-6-8-11-17/h6-8,10-11H,3-5,9,12-16H2,1-2H3. The average molecular weight is 347 g/mol. The number of rotatable bonds is 12. The predicted octanol–water partition coefficient (Wildman–Crippen LogP) is 3.62. The second-order valence-corrected chi connectivity index (χ2v) is 5.93. The van der Waals surface area contributed by atoms with Crippen LogP contribution in [0.3, 0.4) is 0 Å². The Kier molecular flexibility index (Phi) is 10.2. The molecule has 0 heterocycles. The number of hydrogen-bond donors (Lipinski definition) is 0. The fourth-order valence-corrected chi connectivity index (χ4v) is 2.52. The van der Waals surface area contributed by atoms with Crippen LogP contribution in [0.15, 0.2) is 30.3 Å². The van der Waals surface area contributed by atoms with E-state index in [0.29, 0.717) is 25.3 Å². The summed E-state index contributed by atoms with van der Waals surface area (Å²) in [5, 5.41) is 0. The normalized spacial score (nSPS) is 10.3. The van der Waals surface area contributed by atoms with Gasteiger partial charge in [0.2, 0.25) is 5.91 Å².